The first-order chi connectivity index (χ1) is 23.9. The molecule has 4 aliphatic rings. The third-order valence-corrected chi connectivity index (χ3v) is 12.4. The summed E-state index contributed by atoms with van der Waals surface area (Å²) < 4.78 is 35.2. The van der Waals surface area contributed by atoms with Crippen LogP contribution >= 0.6 is 0 Å². The summed E-state index contributed by atoms with van der Waals surface area (Å²) in [6.45, 7) is 13.4. The number of likely N-dealkylation sites (tertiary alicyclic amines) is 3. The lowest BCUT2D eigenvalue weighted by Crippen LogP contribution is -2.76. The van der Waals surface area contributed by atoms with Gasteiger partial charge in [-0.2, -0.15) is 9.57 Å². The van der Waals surface area contributed by atoms with E-state index in [1.165, 1.54) is 36.5 Å². The van der Waals surface area contributed by atoms with Crippen LogP contribution < -0.4 is 14.4 Å². The Morgan fingerprint density at radius 2 is 1.76 bits per heavy atom. The number of nitrogens with zero attached hydrogens (tertiary/aromatic N) is 6. The molecule has 0 unspecified atom stereocenters. The van der Waals surface area contributed by atoms with Crippen molar-refractivity contribution in [2.24, 2.45) is 5.41 Å². The van der Waals surface area contributed by atoms with Crippen molar-refractivity contribution >= 4 is 27.6 Å². The molecule has 7 rings (SSSR count). The number of piperidine rings is 1. The molecule has 0 aliphatic carbocycles. The Morgan fingerprint density at radius 3 is 2.40 bits per heavy atom. The Morgan fingerprint density at radius 1 is 1.06 bits per heavy atom. The van der Waals surface area contributed by atoms with Crippen molar-refractivity contribution in [1.82, 2.24) is 25.0 Å². The molecule has 0 saturated carbocycles. The monoisotopic (exact) mass is 697 g/mol. The second-order valence-electron chi connectivity index (χ2n) is 14.3. The van der Waals surface area contributed by atoms with Crippen molar-refractivity contribution < 1.29 is 22.7 Å². The second-order valence-corrected chi connectivity index (χ2v) is 16.1. The third-order valence-electron chi connectivity index (χ3n) is 10.7. The Bertz CT molecular complexity index is 1960. The second kappa shape index (κ2) is 12.7. The van der Waals surface area contributed by atoms with Crippen molar-refractivity contribution in [3.8, 4) is 11.9 Å². The summed E-state index contributed by atoms with van der Waals surface area (Å²) >= 11 is 0. The van der Waals surface area contributed by atoms with E-state index in [1.807, 2.05) is 6.92 Å². The maximum absolute atomic E-state index is 15.0. The summed E-state index contributed by atoms with van der Waals surface area (Å²) in [4.78, 5) is 40.3. The number of amides is 3. The lowest BCUT2D eigenvalue weighted by molar-refractivity contribution is -0.124. The van der Waals surface area contributed by atoms with E-state index < -0.39 is 27.5 Å². The number of nitrogens with one attached hydrogen (secondary N) is 1. The summed E-state index contributed by atoms with van der Waals surface area (Å²) in [7, 11) is -4.46. The molecule has 3 fully saturated rings. The molecule has 0 radical (unpaired) electrons. The van der Waals surface area contributed by atoms with Crippen molar-refractivity contribution in [2.75, 3.05) is 50.2 Å². The van der Waals surface area contributed by atoms with Gasteiger partial charge in [0.15, 0.2) is 5.54 Å². The van der Waals surface area contributed by atoms with Crippen molar-refractivity contribution in [3.63, 3.8) is 0 Å². The minimum atomic E-state index is -4.46. The predicted octanol–water partition coefficient (Wildman–Crippen LogP) is 3.84. The number of hydrogen-bond acceptors (Lipinski definition) is 9. The molecule has 50 heavy (non-hydrogen) atoms. The van der Waals surface area contributed by atoms with Gasteiger partial charge in [-0.15, -0.1) is 0 Å². The van der Waals surface area contributed by atoms with Crippen LogP contribution in [0.2, 0.25) is 0 Å². The molecule has 1 atom stereocenters. The number of nitriles is 1. The van der Waals surface area contributed by atoms with Gasteiger partial charge in [0.05, 0.1) is 34.4 Å². The quantitative estimate of drug-likeness (QED) is 0.372. The highest BCUT2D eigenvalue weighted by atomic mass is 32.2. The highest BCUT2D eigenvalue weighted by Crippen LogP contribution is 2.50. The van der Waals surface area contributed by atoms with Crippen molar-refractivity contribution in [1.29, 1.82) is 5.26 Å². The van der Waals surface area contributed by atoms with E-state index >= 15 is 4.79 Å². The lowest BCUT2D eigenvalue weighted by Gasteiger charge is -2.62. The van der Waals surface area contributed by atoms with Crippen LogP contribution in [0.1, 0.15) is 55.9 Å². The molecule has 2 aromatic carbocycles. The van der Waals surface area contributed by atoms with Crippen molar-refractivity contribution in [2.45, 2.75) is 63.1 Å². The van der Waals surface area contributed by atoms with E-state index in [4.69, 9.17) is 4.74 Å². The number of carbonyl (C=O) groups excluding carboxylic acids is 2. The van der Waals surface area contributed by atoms with E-state index in [2.05, 4.69) is 40.0 Å². The fraction of sp³-hybridized carbons (Fsp3) is 0.459. The molecule has 0 bridgehead atoms. The fourth-order valence-electron chi connectivity index (χ4n) is 8.08. The molecular formula is C37H43N7O5S. The molecule has 1 spiro atoms. The van der Waals surface area contributed by atoms with Gasteiger partial charge >= 0.3 is 6.03 Å². The van der Waals surface area contributed by atoms with Gasteiger partial charge in [-0.25, -0.2) is 18.2 Å². The highest BCUT2D eigenvalue weighted by molar-refractivity contribution is 7.93. The van der Waals surface area contributed by atoms with Gasteiger partial charge in [0.25, 0.3) is 15.9 Å². The SMILES string of the molecule is CCOc1ncccc1[C@@]1(NC(=O)N2CC3(C2)CN(C2CCN(C(C)C)CC2)C3)C(=O)N(S(=O)(=O)c2ccc(C)cc2)c2ccc(C#N)cc21. The number of sulfonamides is 1. The van der Waals surface area contributed by atoms with Gasteiger partial charge < -0.3 is 19.9 Å². The number of aryl methyl sites for hydroxylation is 1. The van der Waals surface area contributed by atoms with E-state index in [0.717, 1.165) is 48.9 Å². The van der Waals surface area contributed by atoms with Crippen LogP contribution in [0.3, 0.4) is 0 Å². The number of ether oxygens (including phenoxy) is 1. The number of carbonyl (C=O) groups is 2. The first-order valence-electron chi connectivity index (χ1n) is 17.3. The Hall–Kier alpha value is -4.51. The van der Waals surface area contributed by atoms with Crippen LogP contribution in [-0.2, 0) is 20.4 Å². The zero-order chi connectivity index (χ0) is 35.4. The van der Waals surface area contributed by atoms with E-state index in [9.17, 15) is 18.5 Å². The van der Waals surface area contributed by atoms with Crippen LogP contribution in [0.15, 0.2) is 65.7 Å². The summed E-state index contributed by atoms with van der Waals surface area (Å²) in [6.07, 6.45) is 3.79. The number of rotatable bonds is 8. The number of pyridine rings is 1. The van der Waals surface area contributed by atoms with Gasteiger partial charge in [0.1, 0.15) is 0 Å². The average molecular weight is 698 g/mol. The molecule has 3 saturated heterocycles. The van der Waals surface area contributed by atoms with Crippen molar-refractivity contribution in [3.05, 3.63) is 83.0 Å². The molecule has 262 valence electrons. The fourth-order valence-corrected chi connectivity index (χ4v) is 9.54. The first-order valence-corrected chi connectivity index (χ1v) is 18.7. The summed E-state index contributed by atoms with van der Waals surface area (Å²) in [5.74, 6) is -0.840. The molecule has 1 aromatic heterocycles. The maximum Gasteiger partial charge on any atom is 0.318 e. The molecule has 13 heteroatoms. The van der Waals surface area contributed by atoms with E-state index in [-0.39, 0.29) is 45.2 Å². The predicted molar refractivity (Wildman–Crippen MR) is 187 cm³/mol. The molecule has 5 heterocycles. The van der Waals surface area contributed by atoms with Gasteiger partial charge in [0, 0.05) is 55.4 Å². The van der Waals surface area contributed by atoms with Crippen LogP contribution in [-0.4, -0.2) is 98.0 Å². The molecule has 3 amide bonds. The number of anilines is 1. The summed E-state index contributed by atoms with van der Waals surface area (Å²) in [5, 5.41) is 12.9. The minimum absolute atomic E-state index is 0.00312. The Kier molecular flexibility index (Phi) is 8.61. The van der Waals surface area contributed by atoms with Gasteiger partial charge in [0.2, 0.25) is 5.88 Å². The Balaban J connectivity index is 1.21. The number of urea groups is 1. The van der Waals surface area contributed by atoms with Gasteiger partial charge in [-0.1, -0.05) is 17.7 Å². The zero-order valence-corrected chi connectivity index (χ0v) is 29.7. The van der Waals surface area contributed by atoms with Gasteiger partial charge in [-0.05, 0) is 96.1 Å². The third kappa shape index (κ3) is 5.50. The Labute approximate surface area is 293 Å². The molecule has 4 aliphatic heterocycles. The molecule has 1 N–H and O–H groups in total. The topological polar surface area (TPSA) is 139 Å². The van der Waals surface area contributed by atoms with Crippen LogP contribution in [0.25, 0.3) is 0 Å². The maximum atomic E-state index is 15.0. The summed E-state index contributed by atoms with van der Waals surface area (Å²) in [5.41, 5.74) is -0.644. The standard InChI is InChI=1S/C37H43N7O5S/c1-5-49-33-30(7-6-16-39-33)37(40-35(46)43-23-36(24-43)21-42(22-36)28-14-17-41(18-15-28)25(2)3)31-19-27(20-38)10-13-32(31)44(34(37)45)50(47,48)29-11-8-26(4)9-12-29/h6-13,16,19,25,28H,5,14-15,17-18,21-24H2,1-4H3,(H,40,46)/t37-/m0/s1. The first kappa shape index (κ1) is 34.0. The smallest absolute Gasteiger partial charge is 0.318 e. The number of hydrogen-bond donors (Lipinski definition) is 1. The number of aromatic nitrogens is 1. The van der Waals surface area contributed by atoms with Crippen LogP contribution in [0.4, 0.5) is 10.5 Å². The highest BCUT2D eigenvalue weighted by Gasteiger charge is 2.61. The molecule has 12 nitrogen and oxygen atoms in total. The van der Waals surface area contributed by atoms with Gasteiger partial charge in [-0.3, -0.25) is 9.69 Å². The molecule has 3 aromatic rings. The minimum Gasteiger partial charge on any atom is -0.478 e. The number of benzene rings is 2. The molecular weight excluding hydrogens is 655 g/mol. The van der Waals surface area contributed by atoms with Crippen LogP contribution in [0, 0.1) is 23.7 Å². The van der Waals surface area contributed by atoms with E-state index in [0.29, 0.717) is 25.2 Å². The number of fused-ring (bicyclic) bond motifs is 1. The lowest BCUT2D eigenvalue weighted by atomic mass is 9.71. The summed E-state index contributed by atoms with van der Waals surface area (Å²) in [6, 6.07) is 16.5. The normalized spacial score (nSPS) is 22.2. The largest absolute Gasteiger partial charge is 0.478 e. The van der Waals surface area contributed by atoms with E-state index in [1.54, 1.807) is 36.1 Å². The average Bonchev–Trinajstić information content (AvgIpc) is 3.31. The van der Waals surface area contributed by atoms with Crippen LogP contribution in [0.5, 0.6) is 5.88 Å². The zero-order valence-electron chi connectivity index (χ0n) is 28.9.